The Morgan fingerprint density at radius 2 is 2.00 bits per heavy atom. The van der Waals surface area contributed by atoms with Gasteiger partial charge in [0.05, 0.1) is 16.3 Å². The molecule has 0 spiro atoms. The Hall–Kier alpha value is -2.19. The van der Waals surface area contributed by atoms with Crippen LogP contribution in [0.25, 0.3) is 11.3 Å². The molecule has 8 heteroatoms. The van der Waals surface area contributed by atoms with Crippen molar-refractivity contribution in [1.82, 2.24) is 15.3 Å². The first kappa shape index (κ1) is 15.3. The fourth-order valence-corrected chi connectivity index (χ4v) is 4.80. The summed E-state index contributed by atoms with van der Waals surface area (Å²) >= 11 is 0. The van der Waals surface area contributed by atoms with E-state index in [0.29, 0.717) is 28.6 Å². The third-order valence-corrected chi connectivity index (χ3v) is 6.46. The summed E-state index contributed by atoms with van der Waals surface area (Å²) in [6.07, 6.45) is 0.392. The third-order valence-electron chi connectivity index (χ3n) is 4.69. The number of nitrogens with one attached hydrogen (secondary N) is 1. The lowest BCUT2D eigenvalue weighted by atomic mass is 10.0. The molecule has 0 bridgehead atoms. The second-order valence-electron chi connectivity index (χ2n) is 6.19. The van der Waals surface area contributed by atoms with Crippen molar-refractivity contribution in [2.24, 2.45) is 0 Å². The van der Waals surface area contributed by atoms with Crippen LogP contribution in [-0.4, -0.2) is 50.3 Å². The van der Waals surface area contributed by atoms with Crippen LogP contribution >= 0.6 is 0 Å². The summed E-state index contributed by atoms with van der Waals surface area (Å²) in [5.41, 5.74) is 8.05. The summed E-state index contributed by atoms with van der Waals surface area (Å²) in [4.78, 5) is 11.2. The molecule has 0 amide bonds. The van der Waals surface area contributed by atoms with Gasteiger partial charge in [-0.05, 0) is 19.5 Å². The molecule has 1 aromatic heterocycles. The highest BCUT2D eigenvalue weighted by Gasteiger charge is 2.33. The van der Waals surface area contributed by atoms with E-state index in [1.54, 1.807) is 18.2 Å². The minimum Gasteiger partial charge on any atom is -0.368 e. The van der Waals surface area contributed by atoms with Crippen LogP contribution in [0.3, 0.4) is 0 Å². The molecule has 1 saturated heterocycles. The van der Waals surface area contributed by atoms with Crippen molar-refractivity contribution < 1.29 is 8.42 Å². The lowest BCUT2D eigenvalue weighted by Gasteiger charge is -2.41. The van der Waals surface area contributed by atoms with Crippen molar-refractivity contribution >= 4 is 21.6 Å². The molecule has 0 radical (unpaired) electrons. The molecule has 0 atom stereocenters. The molecule has 24 heavy (non-hydrogen) atoms. The number of nitrogen functional groups attached to an aromatic ring is 1. The monoisotopic (exact) mass is 345 g/mol. The van der Waals surface area contributed by atoms with Crippen LogP contribution in [0.15, 0.2) is 29.2 Å². The first-order valence-corrected chi connectivity index (χ1v) is 9.55. The van der Waals surface area contributed by atoms with E-state index in [-0.39, 0.29) is 11.7 Å². The van der Waals surface area contributed by atoms with Crippen LogP contribution < -0.4 is 16.0 Å². The maximum Gasteiger partial charge on any atom is 0.222 e. The number of rotatable bonds is 2. The van der Waals surface area contributed by atoms with E-state index >= 15 is 0 Å². The molecule has 2 aliphatic rings. The summed E-state index contributed by atoms with van der Waals surface area (Å²) in [6.45, 7) is 1.65. The Kier molecular flexibility index (Phi) is 3.47. The minimum atomic E-state index is -3.35. The maximum atomic E-state index is 12.6. The van der Waals surface area contributed by atoms with Crippen LogP contribution in [0, 0.1) is 0 Å². The number of likely N-dealkylation sites (N-methyl/N-ethyl adjacent to an activating group) is 1. The standard InChI is InChI=1S/C16H19N5O2S/c1-18-10-8-21(9-10)15-12-6-7-24(22,23)13-5-3-2-4-11(13)14(12)19-16(17)20-15/h2-5,10,18H,6-9H2,1H3,(H2,17,19,20). The Morgan fingerprint density at radius 1 is 1.25 bits per heavy atom. The number of hydrogen-bond donors (Lipinski definition) is 2. The number of nitrogens with two attached hydrogens (primary N) is 1. The van der Waals surface area contributed by atoms with Gasteiger partial charge in [-0.2, -0.15) is 4.98 Å². The topological polar surface area (TPSA) is 101 Å². The molecule has 1 fully saturated rings. The average molecular weight is 345 g/mol. The fourth-order valence-electron chi connectivity index (χ4n) is 3.32. The number of benzene rings is 1. The van der Waals surface area contributed by atoms with Crippen molar-refractivity contribution in [3.05, 3.63) is 29.8 Å². The van der Waals surface area contributed by atoms with Gasteiger partial charge in [0.15, 0.2) is 9.84 Å². The van der Waals surface area contributed by atoms with Crippen molar-refractivity contribution in [3.8, 4) is 11.3 Å². The normalized spacial score (nSPS) is 19.1. The minimum absolute atomic E-state index is 0.0561. The lowest BCUT2D eigenvalue weighted by Crippen LogP contribution is -2.57. The van der Waals surface area contributed by atoms with Crippen molar-refractivity contribution in [2.75, 3.05) is 36.5 Å². The van der Waals surface area contributed by atoms with E-state index in [4.69, 9.17) is 5.73 Å². The van der Waals surface area contributed by atoms with E-state index in [0.717, 1.165) is 24.5 Å². The highest BCUT2D eigenvalue weighted by atomic mass is 32.2. The predicted molar refractivity (Wildman–Crippen MR) is 92.7 cm³/mol. The van der Waals surface area contributed by atoms with E-state index < -0.39 is 9.84 Å². The summed E-state index contributed by atoms with van der Waals surface area (Å²) in [7, 11) is -1.41. The number of hydrogen-bond acceptors (Lipinski definition) is 7. The van der Waals surface area contributed by atoms with Gasteiger partial charge in [0, 0.05) is 30.3 Å². The smallest absolute Gasteiger partial charge is 0.222 e. The van der Waals surface area contributed by atoms with Gasteiger partial charge in [-0.1, -0.05) is 18.2 Å². The fraction of sp³-hybridized carbons (Fsp3) is 0.375. The Balaban J connectivity index is 1.90. The quantitative estimate of drug-likeness (QED) is 0.815. The molecule has 0 saturated carbocycles. The molecule has 2 aliphatic heterocycles. The van der Waals surface area contributed by atoms with E-state index in [1.807, 2.05) is 13.1 Å². The number of anilines is 2. The molecule has 126 valence electrons. The molecule has 0 unspecified atom stereocenters. The Labute approximate surface area is 140 Å². The Bertz CT molecular complexity index is 907. The van der Waals surface area contributed by atoms with Gasteiger partial charge in [0.1, 0.15) is 5.82 Å². The van der Waals surface area contributed by atoms with Gasteiger partial charge >= 0.3 is 0 Å². The maximum absolute atomic E-state index is 12.6. The van der Waals surface area contributed by atoms with Gasteiger partial charge in [-0.3, -0.25) is 0 Å². The molecular weight excluding hydrogens is 326 g/mol. The molecule has 0 aliphatic carbocycles. The first-order valence-electron chi connectivity index (χ1n) is 7.90. The molecule has 3 N–H and O–H groups in total. The molecule has 4 rings (SSSR count). The molecular formula is C16H19N5O2S. The summed E-state index contributed by atoms with van der Waals surface area (Å²) < 4.78 is 25.2. The molecule has 7 nitrogen and oxygen atoms in total. The Morgan fingerprint density at radius 3 is 2.75 bits per heavy atom. The molecule has 1 aromatic carbocycles. The van der Waals surface area contributed by atoms with Crippen molar-refractivity contribution in [3.63, 3.8) is 0 Å². The number of fused-ring (bicyclic) bond motifs is 3. The highest BCUT2D eigenvalue weighted by molar-refractivity contribution is 7.91. The summed E-state index contributed by atoms with van der Waals surface area (Å²) in [5.74, 6) is 0.988. The van der Waals surface area contributed by atoms with E-state index in [2.05, 4.69) is 20.2 Å². The van der Waals surface area contributed by atoms with Gasteiger partial charge in [0.25, 0.3) is 0 Å². The van der Waals surface area contributed by atoms with Gasteiger partial charge in [0.2, 0.25) is 5.95 Å². The predicted octanol–water partition coefficient (Wildman–Crippen LogP) is 0.464. The van der Waals surface area contributed by atoms with E-state index in [9.17, 15) is 8.42 Å². The largest absolute Gasteiger partial charge is 0.368 e. The second-order valence-corrected chi connectivity index (χ2v) is 8.27. The second kappa shape index (κ2) is 5.42. The zero-order valence-corrected chi connectivity index (χ0v) is 14.2. The highest BCUT2D eigenvalue weighted by Crippen LogP contribution is 2.38. The van der Waals surface area contributed by atoms with Gasteiger partial charge in [-0.15, -0.1) is 0 Å². The van der Waals surface area contributed by atoms with Crippen LogP contribution in [0.4, 0.5) is 11.8 Å². The van der Waals surface area contributed by atoms with Crippen molar-refractivity contribution in [2.45, 2.75) is 17.4 Å². The molecule has 3 heterocycles. The van der Waals surface area contributed by atoms with Crippen LogP contribution in [0.2, 0.25) is 0 Å². The van der Waals surface area contributed by atoms with Gasteiger partial charge in [-0.25, -0.2) is 13.4 Å². The van der Waals surface area contributed by atoms with Crippen molar-refractivity contribution in [1.29, 1.82) is 0 Å². The first-order chi connectivity index (χ1) is 11.5. The SMILES string of the molecule is CNC1CN(c2nc(N)nc3c2CCS(=O)(=O)c2ccccc2-3)C1. The van der Waals surface area contributed by atoms with Crippen LogP contribution in [0.5, 0.6) is 0 Å². The zero-order chi connectivity index (χ0) is 16.9. The summed E-state index contributed by atoms with van der Waals surface area (Å²) in [5, 5.41) is 3.22. The summed E-state index contributed by atoms with van der Waals surface area (Å²) in [6, 6.07) is 7.40. The number of aromatic nitrogens is 2. The lowest BCUT2D eigenvalue weighted by molar-refractivity contribution is 0.446. The van der Waals surface area contributed by atoms with Crippen LogP contribution in [0.1, 0.15) is 5.56 Å². The molecule has 2 aromatic rings. The number of sulfone groups is 1. The third kappa shape index (κ3) is 2.33. The zero-order valence-electron chi connectivity index (χ0n) is 13.4. The van der Waals surface area contributed by atoms with Crippen LogP contribution in [-0.2, 0) is 16.3 Å². The van der Waals surface area contributed by atoms with Gasteiger partial charge < -0.3 is 16.0 Å². The average Bonchev–Trinajstić information content (AvgIpc) is 2.62. The number of nitrogens with zero attached hydrogens (tertiary/aromatic N) is 3. The van der Waals surface area contributed by atoms with E-state index in [1.165, 1.54) is 0 Å².